The van der Waals surface area contributed by atoms with Crippen LogP contribution < -0.4 is 10.6 Å². The lowest BCUT2D eigenvalue weighted by Gasteiger charge is -2.35. The van der Waals surface area contributed by atoms with E-state index in [1.807, 2.05) is 13.0 Å². The van der Waals surface area contributed by atoms with Crippen molar-refractivity contribution >= 4 is 11.6 Å². The Hall–Kier alpha value is -1.40. The first-order valence-corrected chi connectivity index (χ1v) is 7.41. The van der Waals surface area contributed by atoms with Crippen LogP contribution in [0.3, 0.4) is 0 Å². The molecule has 1 aromatic heterocycles. The highest BCUT2D eigenvalue weighted by atomic mass is 16.5. The number of nitrogen functional groups attached to an aromatic ring is 1. The van der Waals surface area contributed by atoms with Gasteiger partial charge in [-0.3, -0.25) is 4.90 Å². The molecule has 0 radical (unpaired) electrons. The van der Waals surface area contributed by atoms with Crippen LogP contribution in [0.4, 0.5) is 11.6 Å². The number of anilines is 2. The number of hydrogen-bond donors (Lipinski definition) is 1. The minimum Gasteiger partial charge on any atom is -0.384 e. The largest absolute Gasteiger partial charge is 0.384 e. The first-order valence-electron chi connectivity index (χ1n) is 7.41. The third-order valence-electron chi connectivity index (χ3n) is 3.45. The molecule has 1 aliphatic rings. The molecule has 0 spiro atoms. The van der Waals surface area contributed by atoms with Crippen molar-refractivity contribution in [3.8, 4) is 0 Å². The topological polar surface area (TPSA) is 67.5 Å². The number of nitrogens with two attached hydrogens (primary N) is 1. The first-order chi connectivity index (χ1) is 9.72. The fraction of sp³-hybridized carbons (Fsp3) is 0.714. The predicted molar refractivity (Wildman–Crippen MR) is 80.7 cm³/mol. The molecule has 1 aliphatic heterocycles. The zero-order valence-electron chi connectivity index (χ0n) is 12.5. The predicted octanol–water partition coefficient (Wildman–Crippen LogP) is 1.13. The molecule has 6 heteroatoms. The van der Waals surface area contributed by atoms with E-state index in [1.54, 1.807) is 0 Å². The summed E-state index contributed by atoms with van der Waals surface area (Å²) in [6.07, 6.45) is 1.21. The van der Waals surface area contributed by atoms with Gasteiger partial charge in [-0.1, -0.05) is 6.92 Å². The summed E-state index contributed by atoms with van der Waals surface area (Å²) in [5, 5.41) is 0. The van der Waals surface area contributed by atoms with Gasteiger partial charge in [0, 0.05) is 38.9 Å². The molecule has 0 bridgehead atoms. The second kappa shape index (κ2) is 7.40. The summed E-state index contributed by atoms with van der Waals surface area (Å²) in [5.74, 6) is 2.10. The van der Waals surface area contributed by atoms with E-state index in [0.29, 0.717) is 24.9 Å². The lowest BCUT2D eigenvalue weighted by atomic mass is 10.3. The number of rotatable bonds is 6. The van der Waals surface area contributed by atoms with E-state index >= 15 is 0 Å². The molecule has 1 fully saturated rings. The van der Waals surface area contributed by atoms with E-state index in [4.69, 9.17) is 10.5 Å². The fourth-order valence-corrected chi connectivity index (χ4v) is 2.44. The Morgan fingerprint density at radius 3 is 2.60 bits per heavy atom. The van der Waals surface area contributed by atoms with E-state index in [0.717, 1.165) is 32.0 Å². The van der Waals surface area contributed by atoms with Gasteiger partial charge in [-0.15, -0.1) is 0 Å². The number of piperazine rings is 1. The van der Waals surface area contributed by atoms with Gasteiger partial charge in [-0.05, 0) is 19.9 Å². The van der Waals surface area contributed by atoms with Crippen LogP contribution in [0, 0.1) is 0 Å². The molecular formula is C14H25N5O. The van der Waals surface area contributed by atoms with E-state index in [1.165, 1.54) is 13.0 Å². The maximum Gasteiger partial charge on any atom is 0.158 e. The van der Waals surface area contributed by atoms with Gasteiger partial charge in [0.05, 0.1) is 0 Å². The zero-order chi connectivity index (χ0) is 14.4. The fourth-order valence-electron chi connectivity index (χ4n) is 2.44. The monoisotopic (exact) mass is 279 g/mol. The van der Waals surface area contributed by atoms with Crippen molar-refractivity contribution in [2.75, 3.05) is 50.0 Å². The van der Waals surface area contributed by atoms with E-state index in [9.17, 15) is 0 Å². The summed E-state index contributed by atoms with van der Waals surface area (Å²) >= 11 is 0. The van der Waals surface area contributed by atoms with Gasteiger partial charge in [-0.25, -0.2) is 9.97 Å². The Bertz CT molecular complexity index is 418. The average Bonchev–Trinajstić information content (AvgIpc) is 2.46. The molecular weight excluding hydrogens is 254 g/mol. The lowest BCUT2D eigenvalue weighted by Crippen LogP contribution is -2.46. The molecule has 0 amide bonds. The van der Waals surface area contributed by atoms with Crippen molar-refractivity contribution in [1.29, 1.82) is 0 Å². The Morgan fingerprint density at radius 2 is 1.95 bits per heavy atom. The van der Waals surface area contributed by atoms with Crippen LogP contribution in [0.2, 0.25) is 0 Å². The van der Waals surface area contributed by atoms with Crippen LogP contribution in [0.5, 0.6) is 0 Å². The molecule has 2 rings (SSSR count). The van der Waals surface area contributed by atoms with E-state index in [-0.39, 0.29) is 0 Å². The smallest absolute Gasteiger partial charge is 0.158 e. The Kier molecular flexibility index (Phi) is 5.55. The third-order valence-corrected chi connectivity index (χ3v) is 3.45. The molecule has 2 N–H and O–H groups in total. The summed E-state index contributed by atoms with van der Waals surface area (Å²) in [7, 11) is 0. The second-order valence-electron chi connectivity index (χ2n) is 5.03. The van der Waals surface area contributed by atoms with E-state index < -0.39 is 0 Å². The van der Waals surface area contributed by atoms with Gasteiger partial charge in [0.25, 0.3) is 0 Å². The minimum absolute atomic E-state index is 0.421. The average molecular weight is 279 g/mol. The number of aromatic nitrogens is 2. The van der Waals surface area contributed by atoms with Crippen molar-refractivity contribution in [2.24, 2.45) is 0 Å². The number of hydrogen-bond acceptors (Lipinski definition) is 6. The number of ether oxygens (including phenoxy) is 1. The van der Waals surface area contributed by atoms with Crippen LogP contribution in [0.25, 0.3) is 0 Å². The molecule has 0 saturated carbocycles. The molecule has 0 atom stereocenters. The quantitative estimate of drug-likeness (QED) is 0.842. The van der Waals surface area contributed by atoms with Crippen LogP contribution in [0.15, 0.2) is 6.07 Å². The molecule has 1 aromatic rings. The highest BCUT2D eigenvalue weighted by Gasteiger charge is 2.18. The Balaban J connectivity index is 2.00. The van der Waals surface area contributed by atoms with Gasteiger partial charge in [0.1, 0.15) is 18.2 Å². The maximum atomic E-state index is 5.87. The van der Waals surface area contributed by atoms with Crippen molar-refractivity contribution in [3.63, 3.8) is 0 Å². The molecule has 20 heavy (non-hydrogen) atoms. The summed E-state index contributed by atoms with van der Waals surface area (Å²) in [4.78, 5) is 13.5. The van der Waals surface area contributed by atoms with Gasteiger partial charge < -0.3 is 15.4 Å². The molecule has 112 valence electrons. The normalized spacial score (nSPS) is 16.6. The van der Waals surface area contributed by atoms with E-state index in [2.05, 4.69) is 26.7 Å². The summed E-state index contributed by atoms with van der Waals surface area (Å²) in [6.45, 7) is 10.6. The van der Waals surface area contributed by atoms with Crippen molar-refractivity contribution in [2.45, 2.75) is 26.9 Å². The maximum absolute atomic E-state index is 5.87. The lowest BCUT2D eigenvalue weighted by molar-refractivity contribution is 0.128. The van der Waals surface area contributed by atoms with Gasteiger partial charge in [0.15, 0.2) is 5.82 Å². The molecule has 1 saturated heterocycles. The zero-order valence-corrected chi connectivity index (χ0v) is 12.5. The van der Waals surface area contributed by atoms with Gasteiger partial charge in [0.2, 0.25) is 0 Å². The minimum atomic E-state index is 0.421. The van der Waals surface area contributed by atoms with Crippen molar-refractivity contribution in [1.82, 2.24) is 14.9 Å². The summed E-state index contributed by atoms with van der Waals surface area (Å²) in [6, 6.07) is 1.85. The highest BCUT2D eigenvalue weighted by molar-refractivity contribution is 5.47. The van der Waals surface area contributed by atoms with Crippen LogP contribution >= 0.6 is 0 Å². The first kappa shape index (κ1) is 15.0. The Morgan fingerprint density at radius 1 is 1.20 bits per heavy atom. The second-order valence-corrected chi connectivity index (χ2v) is 5.03. The highest BCUT2D eigenvalue weighted by Crippen LogP contribution is 2.16. The SMILES string of the molecule is CCCN1CCN(c2cc(N)nc(COCC)n2)CC1. The third kappa shape index (κ3) is 4.05. The molecule has 0 aliphatic carbocycles. The molecule has 6 nitrogen and oxygen atoms in total. The molecule has 0 unspecified atom stereocenters. The summed E-state index contributed by atoms with van der Waals surface area (Å²) in [5.41, 5.74) is 5.87. The van der Waals surface area contributed by atoms with Crippen LogP contribution in [-0.4, -0.2) is 54.2 Å². The van der Waals surface area contributed by atoms with Gasteiger partial charge in [-0.2, -0.15) is 0 Å². The van der Waals surface area contributed by atoms with Crippen molar-refractivity contribution in [3.05, 3.63) is 11.9 Å². The van der Waals surface area contributed by atoms with Crippen molar-refractivity contribution < 1.29 is 4.74 Å². The Labute approximate surface area is 120 Å². The molecule has 0 aromatic carbocycles. The summed E-state index contributed by atoms with van der Waals surface area (Å²) < 4.78 is 5.36. The van der Waals surface area contributed by atoms with Crippen LogP contribution in [0.1, 0.15) is 26.1 Å². The number of nitrogens with zero attached hydrogens (tertiary/aromatic N) is 4. The van der Waals surface area contributed by atoms with Gasteiger partial charge >= 0.3 is 0 Å². The molecule has 2 heterocycles. The standard InChI is InChI=1S/C14H25N5O/c1-3-5-18-6-8-19(9-7-18)14-10-12(15)16-13(17-14)11-20-4-2/h10H,3-9,11H2,1-2H3,(H2,15,16,17). The van der Waals surface area contributed by atoms with Crippen LogP contribution in [-0.2, 0) is 11.3 Å².